The van der Waals surface area contributed by atoms with Gasteiger partial charge in [-0.25, -0.2) is 0 Å². The zero-order chi connectivity index (χ0) is 24.8. The number of carbonyl (C=O) groups is 3. The SMILES string of the molecule is COC(=O)CC1C(C)(C)C(=O)C=C2OC3(C)C4=CCC(C5CC(=O)OC5O)C4(C)CCC3C21C. The van der Waals surface area contributed by atoms with E-state index in [1.807, 2.05) is 13.8 Å². The summed E-state index contributed by atoms with van der Waals surface area (Å²) in [6.07, 6.45) is 5.71. The van der Waals surface area contributed by atoms with Crippen LogP contribution in [0.5, 0.6) is 0 Å². The van der Waals surface area contributed by atoms with Crippen LogP contribution in [0.2, 0.25) is 0 Å². The summed E-state index contributed by atoms with van der Waals surface area (Å²) >= 11 is 0. The summed E-state index contributed by atoms with van der Waals surface area (Å²) in [6.45, 7) is 10.3. The number of aliphatic hydroxyl groups is 1. The second-order valence-corrected chi connectivity index (χ2v) is 12.1. The Balaban J connectivity index is 1.55. The molecule has 5 rings (SSSR count). The van der Waals surface area contributed by atoms with Gasteiger partial charge in [0.2, 0.25) is 6.29 Å². The average molecular weight is 473 g/mol. The molecule has 2 saturated heterocycles. The first-order chi connectivity index (χ1) is 15.8. The molecular formula is C27H36O7. The maximum Gasteiger partial charge on any atom is 0.308 e. The number of ether oxygens (including phenoxy) is 3. The molecule has 1 saturated carbocycles. The third-order valence-electron chi connectivity index (χ3n) is 10.4. The molecule has 8 atom stereocenters. The van der Waals surface area contributed by atoms with Crippen LogP contribution in [0.15, 0.2) is 23.5 Å². The number of aliphatic hydroxyl groups excluding tert-OH is 1. The Bertz CT molecular complexity index is 1020. The molecular weight excluding hydrogens is 436 g/mol. The van der Waals surface area contributed by atoms with Crippen LogP contribution in [-0.4, -0.2) is 41.8 Å². The molecule has 0 radical (unpaired) electrons. The van der Waals surface area contributed by atoms with Gasteiger partial charge in [-0.3, -0.25) is 14.4 Å². The van der Waals surface area contributed by atoms with E-state index in [0.717, 1.165) is 19.3 Å². The molecule has 8 unspecified atom stereocenters. The minimum Gasteiger partial charge on any atom is -0.486 e. The van der Waals surface area contributed by atoms with Gasteiger partial charge in [0.05, 0.1) is 20.0 Å². The normalized spacial score (nSPS) is 46.5. The van der Waals surface area contributed by atoms with Crippen molar-refractivity contribution in [1.29, 1.82) is 0 Å². The number of allylic oxidation sites excluding steroid dienone is 3. The van der Waals surface area contributed by atoms with E-state index >= 15 is 0 Å². The number of ketones is 1. The van der Waals surface area contributed by atoms with Crippen LogP contribution >= 0.6 is 0 Å². The number of carbonyl (C=O) groups excluding carboxylic acids is 3. The summed E-state index contributed by atoms with van der Waals surface area (Å²) in [5, 5.41) is 10.4. The quantitative estimate of drug-likeness (QED) is 0.494. The largest absolute Gasteiger partial charge is 0.486 e. The van der Waals surface area contributed by atoms with E-state index in [4.69, 9.17) is 14.2 Å². The van der Waals surface area contributed by atoms with Gasteiger partial charge in [0.15, 0.2) is 5.78 Å². The van der Waals surface area contributed by atoms with Crippen LogP contribution in [0.1, 0.15) is 66.7 Å². The Morgan fingerprint density at radius 2 is 1.91 bits per heavy atom. The molecule has 34 heavy (non-hydrogen) atoms. The average Bonchev–Trinajstić information content (AvgIpc) is 3.34. The van der Waals surface area contributed by atoms with E-state index in [2.05, 4.69) is 26.8 Å². The lowest BCUT2D eigenvalue weighted by atomic mass is 9.47. The van der Waals surface area contributed by atoms with Gasteiger partial charge in [-0.15, -0.1) is 0 Å². The Hall–Kier alpha value is -2.15. The van der Waals surface area contributed by atoms with E-state index in [0.29, 0.717) is 5.76 Å². The summed E-state index contributed by atoms with van der Waals surface area (Å²) in [5.74, 6) is -0.345. The molecule has 186 valence electrons. The van der Waals surface area contributed by atoms with Crippen molar-refractivity contribution in [3.8, 4) is 0 Å². The third kappa shape index (κ3) is 2.82. The smallest absolute Gasteiger partial charge is 0.308 e. The van der Waals surface area contributed by atoms with Crippen LogP contribution in [-0.2, 0) is 28.6 Å². The first-order valence-corrected chi connectivity index (χ1v) is 12.4. The van der Waals surface area contributed by atoms with Gasteiger partial charge in [0, 0.05) is 28.7 Å². The van der Waals surface area contributed by atoms with E-state index in [-0.39, 0.29) is 59.7 Å². The van der Waals surface area contributed by atoms with Crippen molar-refractivity contribution >= 4 is 17.7 Å². The number of rotatable bonds is 3. The van der Waals surface area contributed by atoms with E-state index in [9.17, 15) is 19.5 Å². The minimum atomic E-state index is -1.07. The van der Waals surface area contributed by atoms with Crippen LogP contribution < -0.4 is 0 Å². The van der Waals surface area contributed by atoms with Crippen molar-refractivity contribution in [3.05, 3.63) is 23.5 Å². The maximum absolute atomic E-state index is 13.2. The van der Waals surface area contributed by atoms with E-state index in [1.54, 1.807) is 6.08 Å². The molecule has 2 heterocycles. The highest BCUT2D eigenvalue weighted by molar-refractivity contribution is 5.97. The van der Waals surface area contributed by atoms with Crippen molar-refractivity contribution in [2.45, 2.75) is 78.6 Å². The molecule has 7 nitrogen and oxygen atoms in total. The highest BCUT2D eigenvalue weighted by Crippen LogP contribution is 2.72. The lowest BCUT2D eigenvalue weighted by molar-refractivity contribution is -0.158. The Morgan fingerprint density at radius 3 is 2.53 bits per heavy atom. The van der Waals surface area contributed by atoms with Crippen molar-refractivity contribution in [2.75, 3.05) is 7.11 Å². The summed E-state index contributed by atoms with van der Waals surface area (Å²) in [4.78, 5) is 37.5. The van der Waals surface area contributed by atoms with Crippen LogP contribution in [0.25, 0.3) is 0 Å². The molecule has 0 aromatic carbocycles. The second kappa shape index (κ2) is 7.19. The van der Waals surface area contributed by atoms with Crippen molar-refractivity contribution in [1.82, 2.24) is 0 Å². The van der Waals surface area contributed by atoms with Gasteiger partial charge in [-0.2, -0.15) is 0 Å². The highest BCUT2D eigenvalue weighted by Gasteiger charge is 2.71. The zero-order valence-electron chi connectivity index (χ0n) is 21.0. The monoisotopic (exact) mass is 472 g/mol. The first-order valence-electron chi connectivity index (χ1n) is 12.4. The van der Waals surface area contributed by atoms with Gasteiger partial charge in [0.1, 0.15) is 11.4 Å². The van der Waals surface area contributed by atoms with Crippen LogP contribution in [0.4, 0.5) is 0 Å². The predicted octanol–water partition coefficient (Wildman–Crippen LogP) is 3.70. The summed E-state index contributed by atoms with van der Waals surface area (Å²) < 4.78 is 16.9. The molecule has 3 aliphatic carbocycles. The zero-order valence-corrected chi connectivity index (χ0v) is 21.0. The number of hydrogen-bond donors (Lipinski definition) is 1. The topological polar surface area (TPSA) is 99.1 Å². The van der Waals surface area contributed by atoms with E-state index in [1.165, 1.54) is 12.7 Å². The standard InChI is InChI=1S/C27H36O7/c1-24(2)18(12-21(29)32-6)26(4)17-9-10-25(3)15(14-11-22(30)33-23(14)31)7-8-16(25)27(17,5)34-20(26)13-19(24)28/h8,13-15,17-18,23,31H,7,9-12H2,1-6H3. The summed E-state index contributed by atoms with van der Waals surface area (Å²) in [7, 11) is 1.38. The fourth-order valence-electron chi connectivity index (χ4n) is 8.54. The van der Waals surface area contributed by atoms with Gasteiger partial charge < -0.3 is 19.3 Å². The molecule has 3 fully saturated rings. The summed E-state index contributed by atoms with van der Waals surface area (Å²) in [5.41, 5.74) is -0.906. The lowest BCUT2D eigenvalue weighted by Gasteiger charge is -2.53. The molecule has 0 aromatic rings. The Morgan fingerprint density at radius 1 is 1.21 bits per heavy atom. The van der Waals surface area contributed by atoms with Crippen molar-refractivity contribution < 1.29 is 33.7 Å². The molecule has 7 heteroatoms. The minimum absolute atomic E-state index is 0.0260. The molecule has 0 spiro atoms. The number of hydrogen-bond acceptors (Lipinski definition) is 7. The number of methoxy groups -OCH3 is 1. The summed E-state index contributed by atoms with van der Waals surface area (Å²) in [6, 6.07) is 0. The molecule has 1 N–H and O–H groups in total. The van der Waals surface area contributed by atoms with Crippen molar-refractivity contribution in [3.63, 3.8) is 0 Å². The fraction of sp³-hybridized carbons (Fsp3) is 0.741. The van der Waals surface area contributed by atoms with Crippen LogP contribution in [0.3, 0.4) is 0 Å². The number of cyclic esters (lactones) is 1. The highest BCUT2D eigenvalue weighted by atomic mass is 16.6. The number of esters is 2. The van der Waals surface area contributed by atoms with Gasteiger partial charge in [0.25, 0.3) is 0 Å². The first kappa shape index (κ1) is 23.6. The second-order valence-electron chi connectivity index (χ2n) is 12.1. The molecule has 0 bridgehead atoms. The fourth-order valence-corrected chi connectivity index (χ4v) is 8.54. The molecule has 5 aliphatic rings. The molecule has 2 aliphatic heterocycles. The number of fused-ring (bicyclic) bond motifs is 5. The Kier molecular flexibility index (Phi) is 4.98. The van der Waals surface area contributed by atoms with Gasteiger partial charge in [-0.05, 0) is 49.0 Å². The van der Waals surface area contributed by atoms with Gasteiger partial charge in [-0.1, -0.05) is 33.8 Å². The molecule has 0 aromatic heterocycles. The Labute approximate surface area is 200 Å². The maximum atomic E-state index is 13.2. The lowest BCUT2D eigenvalue weighted by Crippen LogP contribution is -2.54. The van der Waals surface area contributed by atoms with Gasteiger partial charge >= 0.3 is 11.9 Å². The van der Waals surface area contributed by atoms with Crippen molar-refractivity contribution in [2.24, 2.45) is 39.9 Å². The van der Waals surface area contributed by atoms with Crippen LogP contribution in [0, 0.1) is 39.9 Å². The third-order valence-corrected chi connectivity index (χ3v) is 10.4. The predicted molar refractivity (Wildman–Crippen MR) is 122 cm³/mol. The van der Waals surface area contributed by atoms with E-state index < -0.39 is 22.7 Å². The molecule has 0 amide bonds.